The normalized spacial score (nSPS) is 20.0. The second-order valence-electron chi connectivity index (χ2n) is 10.5. The molecule has 1 atom stereocenters. The van der Waals surface area contributed by atoms with Crippen LogP contribution in [0.4, 0.5) is 11.4 Å². The summed E-state index contributed by atoms with van der Waals surface area (Å²) >= 11 is 0. The Morgan fingerprint density at radius 3 is 2.33 bits per heavy atom. The Kier molecular flexibility index (Phi) is 7.87. The van der Waals surface area contributed by atoms with E-state index < -0.39 is 10.0 Å². The molecule has 2 heterocycles. The van der Waals surface area contributed by atoms with Gasteiger partial charge in [0.05, 0.1) is 23.8 Å². The predicted octanol–water partition coefficient (Wildman–Crippen LogP) is 4.21. The summed E-state index contributed by atoms with van der Waals surface area (Å²) in [6.07, 6.45) is 3.36. The largest absolute Gasteiger partial charge is 0.494 e. The Morgan fingerprint density at radius 2 is 1.67 bits per heavy atom. The van der Waals surface area contributed by atoms with Crippen molar-refractivity contribution in [2.45, 2.75) is 63.8 Å². The molecule has 2 fully saturated rings. The summed E-state index contributed by atoms with van der Waals surface area (Å²) < 4.78 is 39.7. The Labute approximate surface area is 230 Å². The molecule has 39 heavy (non-hydrogen) atoms. The van der Waals surface area contributed by atoms with Gasteiger partial charge in [0.15, 0.2) is 0 Å². The van der Waals surface area contributed by atoms with Crippen molar-refractivity contribution < 1.29 is 27.5 Å². The van der Waals surface area contributed by atoms with Gasteiger partial charge in [-0.3, -0.25) is 9.59 Å². The standard InChI is InChI=1S/C29H37N3O6S/c1-4-37-23-8-11-27(38-5-2)25(18-23)30-28(33)20-12-14-31(15-13-20)39(35,36)24-9-10-26-22(17-24)16-19(3)32(26)29(34)21-6-7-21/h8-11,17-21H,4-7,12-16H2,1-3H3,(H,30,33)/t19-/m1/s1. The fourth-order valence-electron chi connectivity index (χ4n) is 5.52. The number of nitrogens with zero attached hydrogens (tertiary/aromatic N) is 2. The second-order valence-corrected chi connectivity index (χ2v) is 12.5. The van der Waals surface area contributed by atoms with Gasteiger partial charge in [0.25, 0.3) is 0 Å². The Morgan fingerprint density at radius 1 is 0.949 bits per heavy atom. The van der Waals surface area contributed by atoms with E-state index >= 15 is 0 Å². The number of anilines is 2. The molecular formula is C29H37N3O6S. The number of hydrogen-bond acceptors (Lipinski definition) is 6. The topological polar surface area (TPSA) is 105 Å². The highest BCUT2D eigenvalue weighted by Crippen LogP contribution is 2.40. The van der Waals surface area contributed by atoms with Gasteiger partial charge in [0.2, 0.25) is 21.8 Å². The van der Waals surface area contributed by atoms with E-state index in [1.807, 2.05) is 25.7 Å². The van der Waals surface area contributed by atoms with E-state index in [2.05, 4.69) is 5.32 Å². The van der Waals surface area contributed by atoms with Crippen molar-refractivity contribution in [3.63, 3.8) is 0 Å². The van der Waals surface area contributed by atoms with E-state index in [0.29, 0.717) is 49.7 Å². The zero-order valence-corrected chi connectivity index (χ0v) is 23.6. The Balaban J connectivity index is 1.24. The fourth-order valence-corrected chi connectivity index (χ4v) is 7.04. The molecular weight excluding hydrogens is 518 g/mol. The van der Waals surface area contributed by atoms with Crippen LogP contribution in [0.5, 0.6) is 11.5 Å². The summed E-state index contributed by atoms with van der Waals surface area (Å²) in [5, 5.41) is 2.96. The number of piperidine rings is 1. The van der Waals surface area contributed by atoms with Gasteiger partial charge in [0.1, 0.15) is 11.5 Å². The molecule has 9 nitrogen and oxygen atoms in total. The number of nitrogens with one attached hydrogen (secondary N) is 1. The zero-order valence-electron chi connectivity index (χ0n) is 22.8. The Hall–Kier alpha value is -3.11. The molecule has 0 bridgehead atoms. The molecule has 0 unspecified atom stereocenters. The Bertz CT molecular complexity index is 1350. The van der Waals surface area contributed by atoms with Crippen LogP contribution in [-0.4, -0.2) is 56.9 Å². The maximum absolute atomic E-state index is 13.5. The van der Waals surface area contributed by atoms with E-state index in [1.54, 1.807) is 36.4 Å². The summed E-state index contributed by atoms with van der Waals surface area (Å²) in [6.45, 7) is 7.27. The molecule has 1 saturated heterocycles. The van der Waals surface area contributed by atoms with Crippen LogP contribution in [0.25, 0.3) is 0 Å². The van der Waals surface area contributed by atoms with Crippen LogP contribution in [0, 0.1) is 11.8 Å². The fraction of sp³-hybridized carbons (Fsp3) is 0.517. The first-order chi connectivity index (χ1) is 18.7. The number of fused-ring (bicyclic) bond motifs is 1. The minimum atomic E-state index is -3.72. The first-order valence-corrected chi connectivity index (χ1v) is 15.3. The van der Waals surface area contributed by atoms with Gasteiger partial charge in [-0.2, -0.15) is 4.31 Å². The lowest BCUT2D eigenvalue weighted by molar-refractivity contribution is -0.121. The molecule has 1 N–H and O–H groups in total. The number of sulfonamides is 1. The van der Waals surface area contributed by atoms with E-state index in [0.717, 1.165) is 24.1 Å². The predicted molar refractivity (Wildman–Crippen MR) is 149 cm³/mol. The molecule has 1 saturated carbocycles. The maximum Gasteiger partial charge on any atom is 0.243 e. The summed E-state index contributed by atoms with van der Waals surface area (Å²) in [4.78, 5) is 28.0. The van der Waals surface area contributed by atoms with Crippen LogP contribution >= 0.6 is 0 Å². The second kappa shape index (κ2) is 11.2. The third-order valence-electron chi connectivity index (χ3n) is 7.71. The van der Waals surface area contributed by atoms with Gasteiger partial charge in [-0.25, -0.2) is 8.42 Å². The summed E-state index contributed by atoms with van der Waals surface area (Å²) in [6, 6.07) is 10.5. The van der Waals surface area contributed by atoms with E-state index in [4.69, 9.17) is 9.47 Å². The number of hydrogen-bond donors (Lipinski definition) is 1. The molecule has 2 amide bonds. The van der Waals surface area contributed by atoms with Gasteiger partial charge < -0.3 is 19.7 Å². The van der Waals surface area contributed by atoms with Gasteiger partial charge >= 0.3 is 0 Å². The smallest absolute Gasteiger partial charge is 0.243 e. The van der Waals surface area contributed by atoms with Crippen LogP contribution in [0.15, 0.2) is 41.3 Å². The average Bonchev–Trinajstić information content (AvgIpc) is 3.72. The van der Waals surface area contributed by atoms with Crippen molar-refractivity contribution in [3.8, 4) is 11.5 Å². The molecule has 2 aliphatic heterocycles. The lowest BCUT2D eigenvalue weighted by Crippen LogP contribution is -2.41. The molecule has 2 aromatic carbocycles. The highest BCUT2D eigenvalue weighted by Gasteiger charge is 2.40. The highest BCUT2D eigenvalue weighted by atomic mass is 32.2. The number of rotatable bonds is 9. The van der Waals surface area contributed by atoms with E-state index in [1.165, 1.54) is 4.31 Å². The molecule has 5 rings (SSSR count). The number of carbonyl (C=O) groups is 2. The third-order valence-corrected chi connectivity index (χ3v) is 9.61. The van der Waals surface area contributed by atoms with Crippen molar-refractivity contribution in [1.29, 1.82) is 0 Å². The van der Waals surface area contributed by atoms with E-state index in [9.17, 15) is 18.0 Å². The van der Waals surface area contributed by atoms with Crippen molar-refractivity contribution in [1.82, 2.24) is 4.31 Å². The van der Waals surface area contributed by atoms with Gasteiger partial charge in [-0.15, -0.1) is 0 Å². The molecule has 2 aromatic rings. The lowest BCUT2D eigenvalue weighted by Gasteiger charge is -2.31. The van der Waals surface area contributed by atoms with Gasteiger partial charge in [-0.05, 0) is 88.8 Å². The summed E-state index contributed by atoms with van der Waals surface area (Å²) in [7, 11) is -3.72. The first-order valence-electron chi connectivity index (χ1n) is 13.9. The maximum atomic E-state index is 13.5. The summed E-state index contributed by atoms with van der Waals surface area (Å²) in [5.41, 5.74) is 2.27. The average molecular weight is 556 g/mol. The minimum absolute atomic E-state index is 0.0257. The molecule has 3 aliphatic rings. The summed E-state index contributed by atoms with van der Waals surface area (Å²) in [5.74, 6) is 0.992. The number of benzene rings is 2. The number of ether oxygens (including phenoxy) is 2. The van der Waals surface area contributed by atoms with Crippen molar-refractivity contribution in [3.05, 3.63) is 42.0 Å². The zero-order chi connectivity index (χ0) is 27.7. The monoisotopic (exact) mass is 555 g/mol. The van der Waals surface area contributed by atoms with Crippen molar-refractivity contribution in [2.24, 2.45) is 11.8 Å². The van der Waals surface area contributed by atoms with Crippen LogP contribution in [0.2, 0.25) is 0 Å². The molecule has 1 aliphatic carbocycles. The molecule has 0 aromatic heterocycles. The minimum Gasteiger partial charge on any atom is -0.494 e. The lowest BCUT2D eigenvalue weighted by atomic mass is 9.97. The van der Waals surface area contributed by atoms with Crippen LogP contribution in [-0.2, 0) is 26.0 Å². The number of carbonyl (C=O) groups excluding carboxylic acids is 2. The molecule has 0 spiro atoms. The quantitative estimate of drug-likeness (QED) is 0.497. The van der Waals surface area contributed by atoms with Crippen LogP contribution in [0.3, 0.4) is 0 Å². The molecule has 210 valence electrons. The molecule has 10 heteroatoms. The van der Waals surface area contributed by atoms with E-state index in [-0.39, 0.29) is 47.7 Å². The van der Waals surface area contributed by atoms with Crippen molar-refractivity contribution >= 4 is 33.2 Å². The molecule has 0 radical (unpaired) electrons. The SMILES string of the molecule is CCOc1ccc(OCC)c(NC(=O)C2CCN(S(=O)(=O)c3ccc4c(c3)C[C@@H](C)N4C(=O)C3CC3)CC2)c1. The van der Waals surface area contributed by atoms with Crippen LogP contribution in [0.1, 0.15) is 52.0 Å². The third kappa shape index (κ3) is 5.63. The van der Waals surface area contributed by atoms with Crippen LogP contribution < -0.4 is 19.7 Å². The van der Waals surface area contributed by atoms with Gasteiger partial charge in [-0.1, -0.05) is 0 Å². The van der Waals surface area contributed by atoms with Gasteiger partial charge in [0, 0.05) is 42.7 Å². The number of amides is 2. The van der Waals surface area contributed by atoms with Crippen molar-refractivity contribution in [2.75, 3.05) is 36.5 Å². The first kappa shape index (κ1) is 27.5. The highest BCUT2D eigenvalue weighted by molar-refractivity contribution is 7.89.